The first-order valence-corrected chi connectivity index (χ1v) is 17.3. The third kappa shape index (κ3) is 9.23. The molecule has 0 saturated heterocycles. The minimum absolute atomic E-state index is 0.0191. The molecule has 0 bridgehead atoms. The zero-order valence-corrected chi connectivity index (χ0v) is 27.7. The Balaban J connectivity index is 1.21. The highest BCUT2D eigenvalue weighted by molar-refractivity contribution is 5.65. The van der Waals surface area contributed by atoms with Crippen LogP contribution >= 0.6 is 0 Å². The number of alkyl halides is 5. The van der Waals surface area contributed by atoms with Crippen molar-refractivity contribution in [1.82, 2.24) is 0 Å². The molecule has 3 aromatic carbocycles. The fourth-order valence-corrected chi connectivity index (χ4v) is 7.77. The fraction of sp³-hybridized carbons (Fsp3) is 0.487. The van der Waals surface area contributed by atoms with E-state index in [2.05, 4.69) is 11.7 Å². The predicted octanol–water partition coefficient (Wildman–Crippen LogP) is 13.6. The molecule has 3 aromatic rings. The molecule has 2 saturated carbocycles. The van der Waals surface area contributed by atoms with E-state index in [1.807, 2.05) is 12.1 Å². The Labute approximate surface area is 285 Å². The minimum atomic E-state index is -5.26. The van der Waals surface area contributed by atoms with E-state index in [0.717, 1.165) is 36.2 Å². The maximum absolute atomic E-state index is 15.0. The minimum Gasteiger partial charge on any atom is -0.429 e. The summed E-state index contributed by atoms with van der Waals surface area (Å²) in [6, 6.07) is 8.41. The van der Waals surface area contributed by atoms with Crippen molar-refractivity contribution in [1.29, 1.82) is 0 Å². The van der Waals surface area contributed by atoms with Gasteiger partial charge in [-0.05, 0) is 91.0 Å². The second kappa shape index (κ2) is 15.8. The number of hydrogen-bond donors (Lipinski definition) is 0. The first-order valence-electron chi connectivity index (χ1n) is 17.3. The molecule has 5 rings (SSSR count). The van der Waals surface area contributed by atoms with E-state index >= 15 is 8.78 Å². The van der Waals surface area contributed by atoms with Gasteiger partial charge in [0.15, 0.2) is 0 Å². The molecule has 0 heterocycles. The first-order chi connectivity index (χ1) is 23.6. The summed E-state index contributed by atoms with van der Waals surface area (Å²) in [7, 11) is 0. The molecule has 50 heavy (non-hydrogen) atoms. The number of benzene rings is 3. The van der Waals surface area contributed by atoms with Crippen LogP contribution in [0.3, 0.4) is 0 Å². The van der Waals surface area contributed by atoms with E-state index in [9.17, 15) is 35.1 Å². The van der Waals surface area contributed by atoms with E-state index in [1.54, 1.807) is 12.1 Å². The van der Waals surface area contributed by atoms with Crippen LogP contribution in [-0.4, -0.2) is 6.18 Å². The van der Waals surface area contributed by atoms with Crippen molar-refractivity contribution in [3.8, 4) is 16.9 Å². The third-order valence-electron chi connectivity index (χ3n) is 10.4. The lowest BCUT2D eigenvalue weighted by molar-refractivity contribution is -0.189. The van der Waals surface area contributed by atoms with Crippen LogP contribution < -0.4 is 4.74 Å². The second-order valence-corrected chi connectivity index (χ2v) is 13.7. The first kappa shape index (κ1) is 37.7. The molecule has 1 nitrogen and oxygen atoms in total. The standard InChI is InChI=1S/C39H40F10O/c1-2-3-4-5-23-6-8-24(9-7-23)25-10-12-26(13-11-25)27-14-16-28(17-15-27)29-18-33(42)37(34(43)19-29)39(48,49)50-30-20-31(40)36(32(41)21-30)35(44)22-38(45,46)47/h14-26H,2-13H2,1H3/b35-22-. The molecule has 0 N–H and O–H groups in total. The van der Waals surface area contributed by atoms with Crippen molar-refractivity contribution < 1.29 is 48.6 Å². The number of unbranched alkanes of at least 4 members (excludes halogenated alkanes) is 2. The van der Waals surface area contributed by atoms with Crippen molar-refractivity contribution in [3.05, 3.63) is 94.6 Å². The highest BCUT2D eigenvalue weighted by atomic mass is 19.4. The van der Waals surface area contributed by atoms with Crippen molar-refractivity contribution in [3.63, 3.8) is 0 Å². The molecule has 0 unspecified atom stereocenters. The zero-order chi connectivity index (χ0) is 36.2. The molecule has 272 valence electrons. The van der Waals surface area contributed by atoms with E-state index in [0.29, 0.717) is 23.6 Å². The Morgan fingerprint density at radius 2 is 1.24 bits per heavy atom. The average Bonchev–Trinajstić information content (AvgIpc) is 3.03. The summed E-state index contributed by atoms with van der Waals surface area (Å²) in [5.74, 6) is -8.33. The molecule has 2 aliphatic rings. The largest absolute Gasteiger partial charge is 0.432 e. The number of rotatable bonds is 11. The molecule has 11 heteroatoms. The molecule has 2 aliphatic carbocycles. The normalized spacial score (nSPS) is 22.1. The molecule has 2 fully saturated rings. The predicted molar refractivity (Wildman–Crippen MR) is 172 cm³/mol. The van der Waals surface area contributed by atoms with Gasteiger partial charge in [0.2, 0.25) is 0 Å². The van der Waals surface area contributed by atoms with Crippen LogP contribution in [0.5, 0.6) is 5.75 Å². The van der Waals surface area contributed by atoms with Crippen LogP contribution in [0.4, 0.5) is 43.9 Å². The molecule has 0 aromatic heterocycles. The van der Waals surface area contributed by atoms with Gasteiger partial charge in [0.25, 0.3) is 0 Å². The van der Waals surface area contributed by atoms with Gasteiger partial charge in [-0.25, -0.2) is 22.0 Å². The number of allylic oxidation sites excluding steroid dienone is 1. The molecular formula is C39H40F10O. The lowest BCUT2D eigenvalue weighted by atomic mass is 9.68. The van der Waals surface area contributed by atoms with Crippen molar-refractivity contribution in [2.75, 3.05) is 0 Å². The van der Waals surface area contributed by atoms with Gasteiger partial charge < -0.3 is 4.74 Å². The smallest absolute Gasteiger partial charge is 0.429 e. The molecular weight excluding hydrogens is 674 g/mol. The molecule has 0 amide bonds. The molecule has 0 aliphatic heterocycles. The summed E-state index contributed by atoms with van der Waals surface area (Å²) < 4.78 is 144. The summed E-state index contributed by atoms with van der Waals surface area (Å²) in [6.07, 6.45) is 3.95. The van der Waals surface area contributed by atoms with E-state index < -0.39 is 64.3 Å². The maximum Gasteiger partial charge on any atom is 0.432 e. The Hall–Kier alpha value is -3.50. The maximum atomic E-state index is 15.0. The van der Waals surface area contributed by atoms with Crippen molar-refractivity contribution >= 4 is 5.83 Å². The number of halogens is 10. The lowest BCUT2D eigenvalue weighted by Gasteiger charge is -2.38. The van der Waals surface area contributed by atoms with Gasteiger partial charge >= 0.3 is 12.3 Å². The van der Waals surface area contributed by atoms with Gasteiger partial charge in [-0.2, -0.15) is 22.0 Å². The number of ether oxygens (including phenoxy) is 1. The van der Waals surface area contributed by atoms with Crippen LogP contribution in [0, 0.1) is 41.0 Å². The Bertz CT molecular complexity index is 1580. The van der Waals surface area contributed by atoms with Crippen LogP contribution in [0.2, 0.25) is 0 Å². The van der Waals surface area contributed by atoms with Crippen LogP contribution in [0.25, 0.3) is 17.0 Å². The summed E-state index contributed by atoms with van der Waals surface area (Å²) in [4.78, 5) is 0. The fourth-order valence-electron chi connectivity index (χ4n) is 7.77. The third-order valence-corrected chi connectivity index (χ3v) is 10.4. The SMILES string of the molecule is CCCCCC1CCC(C2CCC(c3ccc(-c4cc(F)c(C(F)(F)Oc5cc(F)c(/C(F)=C/C(F)(F)F)c(F)c5)c(F)c4)cc3)CC2)CC1. The van der Waals surface area contributed by atoms with E-state index in [1.165, 1.54) is 64.2 Å². The van der Waals surface area contributed by atoms with Gasteiger partial charge in [-0.15, -0.1) is 0 Å². The van der Waals surface area contributed by atoms with Gasteiger partial charge in [-0.3, -0.25) is 0 Å². The molecule has 0 radical (unpaired) electrons. The van der Waals surface area contributed by atoms with Gasteiger partial charge in [0.05, 0.1) is 11.6 Å². The summed E-state index contributed by atoms with van der Waals surface area (Å²) in [6.45, 7) is 2.24. The molecule has 0 atom stereocenters. The van der Waals surface area contributed by atoms with Crippen LogP contribution in [-0.2, 0) is 6.11 Å². The lowest BCUT2D eigenvalue weighted by Crippen LogP contribution is -2.25. The van der Waals surface area contributed by atoms with Crippen molar-refractivity contribution in [2.45, 2.75) is 102 Å². The average molecular weight is 715 g/mol. The Morgan fingerprint density at radius 1 is 0.700 bits per heavy atom. The van der Waals surface area contributed by atoms with E-state index in [-0.39, 0.29) is 17.7 Å². The van der Waals surface area contributed by atoms with E-state index in [4.69, 9.17) is 0 Å². The quantitative estimate of drug-likeness (QED) is 0.142. The van der Waals surface area contributed by atoms with Gasteiger partial charge in [0.1, 0.15) is 40.4 Å². The Morgan fingerprint density at radius 3 is 1.76 bits per heavy atom. The Kier molecular flexibility index (Phi) is 11.9. The van der Waals surface area contributed by atoms with Gasteiger partial charge in [0, 0.05) is 12.1 Å². The van der Waals surface area contributed by atoms with Crippen molar-refractivity contribution in [2.24, 2.45) is 17.8 Å². The summed E-state index contributed by atoms with van der Waals surface area (Å²) in [5.41, 5.74) is -2.19. The van der Waals surface area contributed by atoms with Crippen LogP contribution in [0.1, 0.15) is 107 Å². The van der Waals surface area contributed by atoms with Crippen LogP contribution in [0.15, 0.2) is 54.6 Å². The van der Waals surface area contributed by atoms with Gasteiger partial charge in [-0.1, -0.05) is 69.7 Å². The number of hydrogen-bond acceptors (Lipinski definition) is 1. The highest BCUT2D eigenvalue weighted by Crippen LogP contribution is 2.45. The molecule has 0 spiro atoms. The highest BCUT2D eigenvalue weighted by Gasteiger charge is 2.42. The summed E-state index contributed by atoms with van der Waals surface area (Å²) >= 11 is 0. The zero-order valence-electron chi connectivity index (χ0n) is 27.7. The second-order valence-electron chi connectivity index (χ2n) is 13.7. The topological polar surface area (TPSA) is 9.23 Å². The monoisotopic (exact) mass is 714 g/mol. The summed E-state index contributed by atoms with van der Waals surface area (Å²) in [5, 5.41) is 0.